The Kier molecular flexibility index (Phi) is 6.07. The van der Waals surface area contributed by atoms with Crippen molar-refractivity contribution in [3.63, 3.8) is 0 Å². The van der Waals surface area contributed by atoms with Crippen LogP contribution in [0.1, 0.15) is 75.4 Å². The number of benzene rings is 3. The van der Waals surface area contributed by atoms with E-state index in [1.54, 1.807) is 0 Å². The van der Waals surface area contributed by atoms with Gasteiger partial charge in [-0.05, 0) is 56.9 Å². The SMILES string of the molecule is C=Cc1ccc(C(C)(C)C)cc1C1C=C(c2ccc(C(C)(C)C)cc2)N(c2ccccc2)N1. The largest absolute Gasteiger partial charge is 0.276 e. The molecule has 1 aliphatic heterocycles. The summed E-state index contributed by atoms with van der Waals surface area (Å²) >= 11 is 0. The normalized spacial score (nSPS) is 16.6. The number of hydrazine groups is 1. The van der Waals surface area contributed by atoms with Crippen LogP contribution >= 0.6 is 0 Å². The number of anilines is 1. The van der Waals surface area contributed by atoms with Crippen LogP contribution in [0.5, 0.6) is 0 Å². The van der Waals surface area contributed by atoms with Gasteiger partial charge in [0, 0.05) is 0 Å². The van der Waals surface area contributed by atoms with Gasteiger partial charge in [0.05, 0.1) is 17.4 Å². The third-order valence-corrected chi connectivity index (χ3v) is 6.40. The highest BCUT2D eigenvalue weighted by molar-refractivity contribution is 5.81. The molecule has 0 amide bonds. The van der Waals surface area contributed by atoms with Gasteiger partial charge < -0.3 is 0 Å². The predicted molar refractivity (Wildman–Crippen MR) is 143 cm³/mol. The number of rotatable bonds is 4. The minimum absolute atomic E-state index is 0.0535. The Morgan fingerprint density at radius 3 is 1.97 bits per heavy atom. The lowest BCUT2D eigenvalue weighted by Crippen LogP contribution is -2.33. The van der Waals surface area contributed by atoms with Crippen LogP contribution in [0.2, 0.25) is 0 Å². The van der Waals surface area contributed by atoms with Gasteiger partial charge in [-0.1, -0.05) is 115 Å². The average Bonchev–Trinajstić information content (AvgIpc) is 3.23. The van der Waals surface area contributed by atoms with Crippen LogP contribution in [-0.2, 0) is 10.8 Å². The molecule has 4 rings (SSSR count). The second-order valence-electron chi connectivity index (χ2n) is 11.0. The number of hydrogen-bond donors (Lipinski definition) is 1. The average molecular weight is 437 g/mol. The summed E-state index contributed by atoms with van der Waals surface area (Å²) in [6, 6.07) is 26.3. The fourth-order valence-corrected chi connectivity index (χ4v) is 4.29. The van der Waals surface area contributed by atoms with Crippen molar-refractivity contribution >= 4 is 17.5 Å². The van der Waals surface area contributed by atoms with E-state index in [0.717, 1.165) is 11.3 Å². The molecule has 0 saturated heterocycles. The molecule has 0 spiro atoms. The van der Waals surface area contributed by atoms with E-state index in [9.17, 15) is 0 Å². The van der Waals surface area contributed by atoms with Gasteiger partial charge in [-0.25, -0.2) is 5.43 Å². The zero-order valence-electron chi connectivity index (χ0n) is 20.8. The van der Waals surface area contributed by atoms with Crippen molar-refractivity contribution in [2.45, 2.75) is 58.4 Å². The summed E-state index contributed by atoms with van der Waals surface area (Å²) in [5.41, 5.74) is 12.6. The van der Waals surface area contributed by atoms with Crippen LogP contribution in [0.3, 0.4) is 0 Å². The molecule has 1 atom stereocenters. The molecule has 2 heteroatoms. The molecule has 3 aromatic carbocycles. The number of hydrogen-bond acceptors (Lipinski definition) is 2. The van der Waals surface area contributed by atoms with Crippen molar-refractivity contribution in [2.24, 2.45) is 0 Å². The third-order valence-electron chi connectivity index (χ3n) is 6.40. The maximum absolute atomic E-state index is 4.08. The minimum Gasteiger partial charge on any atom is -0.276 e. The molecule has 1 aliphatic rings. The van der Waals surface area contributed by atoms with E-state index in [2.05, 4.69) is 137 Å². The first-order valence-electron chi connectivity index (χ1n) is 11.8. The zero-order valence-corrected chi connectivity index (χ0v) is 20.8. The van der Waals surface area contributed by atoms with Crippen molar-refractivity contribution < 1.29 is 0 Å². The van der Waals surface area contributed by atoms with Gasteiger partial charge in [0.25, 0.3) is 0 Å². The molecule has 0 bridgehead atoms. The Morgan fingerprint density at radius 1 is 0.788 bits per heavy atom. The van der Waals surface area contributed by atoms with E-state index in [0.29, 0.717) is 0 Å². The van der Waals surface area contributed by atoms with E-state index in [-0.39, 0.29) is 16.9 Å². The monoisotopic (exact) mass is 436 g/mol. The second-order valence-corrected chi connectivity index (χ2v) is 11.0. The van der Waals surface area contributed by atoms with E-state index in [1.807, 2.05) is 6.08 Å². The van der Waals surface area contributed by atoms with Crippen LogP contribution in [0.4, 0.5) is 5.69 Å². The first-order valence-corrected chi connectivity index (χ1v) is 11.8. The van der Waals surface area contributed by atoms with Crippen LogP contribution in [0, 0.1) is 0 Å². The smallest absolute Gasteiger partial charge is 0.0726 e. The highest BCUT2D eigenvalue weighted by Crippen LogP contribution is 2.37. The highest BCUT2D eigenvalue weighted by atomic mass is 15.5. The molecule has 1 N–H and O–H groups in total. The van der Waals surface area contributed by atoms with Gasteiger partial charge in [-0.3, -0.25) is 5.01 Å². The first-order chi connectivity index (χ1) is 15.6. The molecule has 1 heterocycles. The van der Waals surface area contributed by atoms with Crippen LogP contribution in [-0.4, -0.2) is 0 Å². The summed E-state index contributed by atoms with van der Waals surface area (Å²) in [7, 11) is 0. The van der Waals surface area contributed by atoms with Gasteiger partial charge >= 0.3 is 0 Å². The number of nitrogens with one attached hydrogen (secondary N) is 1. The molecule has 170 valence electrons. The quantitative estimate of drug-likeness (QED) is 0.445. The van der Waals surface area contributed by atoms with Crippen molar-refractivity contribution in [1.82, 2.24) is 5.43 Å². The van der Waals surface area contributed by atoms with Gasteiger partial charge in [-0.2, -0.15) is 0 Å². The zero-order chi connectivity index (χ0) is 23.8. The van der Waals surface area contributed by atoms with Crippen LogP contribution < -0.4 is 10.4 Å². The van der Waals surface area contributed by atoms with Gasteiger partial charge in [0.2, 0.25) is 0 Å². The predicted octanol–water partition coefficient (Wildman–Crippen LogP) is 8.03. The lowest BCUT2D eigenvalue weighted by Gasteiger charge is -2.26. The molecule has 0 aliphatic carbocycles. The lowest BCUT2D eigenvalue weighted by atomic mass is 9.84. The topological polar surface area (TPSA) is 15.3 Å². The van der Waals surface area contributed by atoms with Gasteiger partial charge in [0.1, 0.15) is 0 Å². The summed E-state index contributed by atoms with van der Waals surface area (Å²) in [5, 5.41) is 2.22. The minimum atomic E-state index is 0.0535. The molecule has 3 aromatic rings. The van der Waals surface area contributed by atoms with Gasteiger partial charge in [-0.15, -0.1) is 0 Å². The van der Waals surface area contributed by atoms with Gasteiger partial charge in [0.15, 0.2) is 0 Å². The molecule has 0 aromatic heterocycles. The molecule has 1 unspecified atom stereocenters. The van der Waals surface area contributed by atoms with E-state index in [1.165, 1.54) is 28.0 Å². The lowest BCUT2D eigenvalue weighted by molar-refractivity contribution is 0.586. The Morgan fingerprint density at radius 2 is 1.39 bits per heavy atom. The summed E-state index contributed by atoms with van der Waals surface area (Å²) in [5.74, 6) is 0. The first kappa shape index (κ1) is 23.1. The fraction of sp³-hybridized carbons (Fsp3) is 0.290. The molecule has 0 saturated carbocycles. The number of para-hydroxylation sites is 1. The van der Waals surface area contributed by atoms with Crippen molar-refractivity contribution in [3.05, 3.63) is 113 Å². The molecule has 0 fully saturated rings. The number of nitrogens with zero attached hydrogens (tertiary/aromatic N) is 1. The Hall–Kier alpha value is -3.10. The second kappa shape index (κ2) is 8.68. The summed E-state index contributed by atoms with van der Waals surface area (Å²) in [6.45, 7) is 17.6. The maximum Gasteiger partial charge on any atom is 0.0726 e. The molecule has 33 heavy (non-hydrogen) atoms. The van der Waals surface area contributed by atoms with Crippen molar-refractivity contribution in [2.75, 3.05) is 5.01 Å². The summed E-state index contributed by atoms with van der Waals surface area (Å²) < 4.78 is 0. The Balaban J connectivity index is 1.80. The summed E-state index contributed by atoms with van der Waals surface area (Å²) in [4.78, 5) is 0. The molecule has 0 radical (unpaired) electrons. The van der Waals surface area contributed by atoms with E-state index >= 15 is 0 Å². The molecular formula is C31H36N2. The molecular weight excluding hydrogens is 400 g/mol. The fourth-order valence-electron chi connectivity index (χ4n) is 4.29. The van der Waals surface area contributed by atoms with Crippen molar-refractivity contribution in [3.8, 4) is 0 Å². The standard InChI is InChI=1S/C31H36N2/c1-8-22-14-19-25(31(5,6)7)20-27(22)28-21-29(33(32-28)26-12-10-9-11-13-26)23-15-17-24(18-16-23)30(2,3)4/h8-21,28,32H,1H2,2-7H3. The van der Waals surface area contributed by atoms with Crippen LogP contribution in [0.25, 0.3) is 11.8 Å². The third kappa shape index (κ3) is 4.82. The van der Waals surface area contributed by atoms with Crippen LogP contribution in [0.15, 0.2) is 85.5 Å². The Bertz CT molecular complexity index is 1160. The van der Waals surface area contributed by atoms with E-state index in [4.69, 9.17) is 0 Å². The van der Waals surface area contributed by atoms with E-state index < -0.39 is 0 Å². The Labute approximate surface area is 199 Å². The maximum atomic E-state index is 4.08. The molecule has 2 nitrogen and oxygen atoms in total. The highest BCUT2D eigenvalue weighted by Gasteiger charge is 2.28. The van der Waals surface area contributed by atoms with Crippen molar-refractivity contribution in [1.29, 1.82) is 0 Å². The summed E-state index contributed by atoms with van der Waals surface area (Å²) in [6.07, 6.45) is 4.30.